The van der Waals surface area contributed by atoms with Gasteiger partial charge in [0, 0.05) is 23.4 Å². The van der Waals surface area contributed by atoms with Crippen LogP contribution in [-0.4, -0.2) is 28.4 Å². The van der Waals surface area contributed by atoms with Crippen LogP contribution >= 0.6 is 11.6 Å². The fourth-order valence-electron chi connectivity index (χ4n) is 2.73. The molecule has 1 aliphatic heterocycles. The van der Waals surface area contributed by atoms with E-state index >= 15 is 0 Å². The summed E-state index contributed by atoms with van der Waals surface area (Å²) >= 11 is 6.10. The molecule has 0 bridgehead atoms. The van der Waals surface area contributed by atoms with Crippen LogP contribution in [0.5, 0.6) is 0 Å². The van der Waals surface area contributed by atoms with Gasteiger partial charge in [0.1, 0.15) is 0 Å². The van der Waals surface area contributed by atoms with Crippen molar-refractivity contribution in [2.45, 2.75) is 38.3 Å². The third-order valence-corrected chi connectivity index (χ3v) is 3.96. The molecule has 0 amide bonds. The number of hydrogen-bond donors (Lipinski definition) is 1. The second kappa shape index (κ2) is 5.19. The van der Waals surface area contributed by atoms with Gasteiger partial charge in [-0.1, -0.05) is 35.9 Å². The summed E-state index contributed by atoms with van der Waals surface area (Å²) in [7, 11) is 0. The maximum absolute atomic E-state index is 6.10. The van der Waals surface area contributed by atoms with Gasteiger partial charge in [0.05, 0.1) is 5.60 Å². The van der Waals surface area contributed by atoms with Crippen molar-refractivity contribution >= 4 is 28.2 Å². The van der Waals surface area contributed by atoms with Gasteiger partial charge >= 0.3 is 0 Å². The predicted molar refractivity (Wildman–Crippen MR) is 81.2 cm³/mol. The van der Waals surface area contributed by atoms with Gasteiger partial charge in [0.15, 0.2) is 11.0 Å². The molecule has 3 rings (SSSR count). The van der Waals surface area contributed by atoms with Crippen molar-refractivity contribution in [1.29, 1.82) is 0 Å². The molecular formula is C15H18ClN3O. The average Bonchev–Trinajstić information content (AvgIpc) is 2.41. The molecule has 0 saturated carbocycles. The van der Waals surface area contributed by atoms with E-state index in [4.69, 9.17) is 16.3 Å². The summed E-state index contributed by atoms with van der Waals surface area (Å²) in [4.78, 5) is 0. The van der Waals surface area contributed by atoms with Crippen molar-refractivity contribution in [2.75, 3.05) is 11.9 Å². The number of anilines is 1. The lowest BCUT2D eigenvalue weighted by Gasteiger charge is -2.36. The number of nitrogens with zero attached hydrogens (tertiary/aromatic N) is 2. The molecule has 1 saturated heterocycles. The zero-order chi connectivity index (χ0) is 14.2. The van der Waals surface area contributed by atoms with Crippen molar-refractivity contribution in [3.8, 4) is 0 Å². The third kappa shape index (κ3) is 2.72. The van der Waals surface area contributed by atoms with Crippen LogP contribution in [-0.2, 0) is 4.74 Å². The molecule has 1 aromatic carbocycles. The maximum Gasteiger partial charge on any atom is 0.159 e. The van der Waals surface area contributed by atoms with Gasteiger partial charge in [-0.3, -0.25) is 0 Å². The van der Waals surface area contributed by atoms with Crippen LogP contribution in [0.2, 0.25) is 5.15 Å². The van der Waals surface area contributed by atoms with Crippen molar-refractivity contribution in [1.82, 2.24) is 10.2 Å². The largest absolute Gasteiger partial charge is 0.375 e. The molecule has 1 aromatic heterocycles. The van der Waals surface area contributed by atoms with Crippen LogP contribution in [0.3, 0.4) is 0 Å². The number of hydrogen-bond acceptors (Lipinski definition) is 4. The lowest BCUT2D eigenvalue weighted by Crippen LogP contribution is -2.40. The van der Waals surface area contributed by atoms with E-state index < -0.39 is 0 Å². The Morgan fingerprint density at radius 2 is 2.00 bits per heavy atom. The second-order valence-corrected chi connectivity index (χ2v) is 6.19. The van der Waals surface area contributed by atoms with Crippen LogP contribution in [0.1, 0.15) is 26.7 Å². The van der Waals surface area contributed by atoms with Crippen molar-refractivity contribution in [3.05, 3.63) is 29.4 Å². The van der Waals surface area contributed by atoms with E-state index in [0.29, 0.717) is 11.2 Å². The Morgan fingerprint density at radius 3 is 2.75 bits per heavy atom. The molecule has 2 heterocycles. The molecule has 0 aliphatic carbocycles. The number of rotatable bonds is 2. The SMILES string of the molecule is CC1(C)CC(Nc2nnc(Cl)c3ccccc23)CCO1. The summed E-state index contributed by atoms with van der Waals surface area (Å²) in [6.45, 7) is 5.00. The van der Waals surface area contributed by atoms with E-state index in [9.17, 15) is 0 Å². The Bertz CT molecular complexity index is 630. The van der Waals surface area contributed by atoms with Crippen molar-refractivity contribution in [2.24, 2.45) is 0 Å². The fraction of sp³-hybridized carbons (Fsp3) is 0.467. The topological polar surface area (TPSA) is 47.0 Å². The Labute approximate surface area is 123 Å². The Balaban J connectivity index is 1.90. The summed E-state index contributed by atoms with van der Waals surface area (Å²) in [5.74, 6) is 0.799. The molecule has 1 aliphatic rings. The van der Waals surface area contributed by atoms with Crippen LogP contribution in [0.4, 0.5) is 5.82 Å². The number of halogens is 1. The molecule has 4 nitrogen and oxygen atoms in total. The molecule has 20 heavy (non-hydrogen) atoms. The van der Waals surface area contributed by atoms with Gasteiger partial charge in [-0.05, 0) is 26.7 Å². The Morgan fingerprint density at radius 1 is 1.25 bits per heavy atom. The highest BCUT2D eigenvalue weighted by Crippen LogP contribution is 2.29. The molecule has 1 N–H and O–H groups in total. The lowest BCUT2D eigenvalue weighted by atomic mass is 9.94. The minimum absolute atomic E-state index is 0.0917. The van der Waals surface area contributed by atoms with Gasteiger partial charge in [0.2, 0.25) is 0 Å². The first kappa shape index (κ1) is 13.6. The van der Waals surface area contributed by atoms with Gasteiger partial charge < -0.3 is 10.1 Å². The average molecular weight is 292 g/mol. The van der Waals surface area contributed by atoms with Gasteiger partial charge in [0.25, 0.3) is 0 Å². The number of ether oxygens (including phenoxy) is 1. The molecule has 2 aromatic rings. The van der Waals surface area contributed by atoms with E-state index in [1.807, 2.05) is 24.3 Å². The minimum atomic E-state index is -0.0917. The van der Waals surface area contributed by atoms with Crippen LogP contribution < -0.4 is 5.32 Å². The lowest BCUT2D eigenvalue weighted by molar-refractivity contribution is -0.0553. The molecule has 0 spiro atoms. The summed E-state index contributed by atoms with van der Waals surface area (Å²) in [5.41, 5.74) is -0.0917. The third-order valence-electron chi connectivity index (χ3n) is 3.68. The first-order chi connectivity index (χ1) is 9.55. The summed E-state index contributed by atoms with van der Waals surface area (Å²) in [6.07, 6.45) is 1.92. The minimum Gasteiger partial charge on any atom is -0.375 e. The normalized spacial score (nSPS) is 21.9. The standard InChI is InChI=1S/C15H18ClN3O/c1-15(2)9-10(7-8-20-15)17-14-12-6-4-3-5-11(12)13(16)18-19-14/h3-6,10H,7-9H2,1-2H3,(H,17,19). The molecule has 106 valence electrons. The monoisotopic (exact) mass is 291 g/mol. The summed E-state index contributed by atoms with van der Waals surface area (Å²) in [6, 6.07) is 8.27. The molecular weight excluding hydrogens is 274 g/mol. The predicted octanol–water partition coefficient (Wildman–Crippen LogP) is 3.65. The Kier molecular flexibility index (Phi) is 3.52. The second-order valence-electron chi connectivity index (χ2n) is 5.83. The zero-order valence-corrected chi connectivity index (χ0v) is 12.4. The van der Waals surface area contributed by atoms with Crippen molar-refractivity contribution < 1.29 is 4.74 Å². The Hall–Kier alpha value is -1.39. The smallest absolute Gasteiger partial charge is 0.159 e. The first-order valence-electron chi connectivity index (χ1n) is 6.87. The van der Waals surface area contributed by atoms with Gasteiger partial charge in [-0.2, -0.15) is 0 Å². The highest BCUT2D eigenvalue weighted by atomic mass is 35.5. The number of benzene rings is 1. The number of fused-ring (bicyclic) bond motifs is 1. The van der Waals surface area contributed by atoms with E-state index in [0.717, 1.165) is 36.0 Å². The summed E-state index contributed by atoms with van der Waals surface area (Å²) < 4.78 is 5.74. The fourth-order valence-corrected chi connectivity index (χ4v) is 2.93. The first-order valence-corrected chi connectivity index (χ1v) is 7.24. The van der Waals surface area contributed by atoms with Crippen LogP contribution in [0, 0.1) is 0 Å². The van der Waals surface area contributed by atoms with E-state index in [2.05, 4.69) is 29.4 Å². The number of aromatic nitrogens is 2. The van der Waals surface area contributed by atoms with Crippen LogP contribution in [0.15, 0.2) is 24.3 Å². The highest BCUT2D eigenvalue weighted by Gasteiger charge is 2.29. The zero-order valence-electron chi connectivity index (χ0n) is 11.7. The quantitative estimate of drug-likeness (QED) is 0.917. The van der Waals surface area contributed by atoms with E-state index in [1.165, 1.54) is 0 Å². The van der Waals surface area contributed by atoms with E-state index in [1.54, 1.807) is 0 Å². The molecule has 1 atom stereocenters. The summed E-state index contributed by atoms with van der Waals surface area (Å²) in [5, 5.41) is 14.1. The molecule has 1 unspecified atom stereocenters. The van der Waals surface area contributed by atoms with Crippen molar-refractivity contribution in [3.63, 3.8) is 0 Å². The van der Waals surface area contributed by atoms with Gasteiger partial charge in [-0.25, -0.2) is 0 Å². The van der Waals surface area contributed by atoms with Gasteiger partial charge in [-0.15, -0.1) is 10.2 Å². The maximum atomic E-state index is 6.10. The number of nitrogens with one attached hydrogen (secondary N) is 1. The van der Waals surface area contributed by atoms with E-state index in [-0.39, 0.29) is 5.60 Å². The molecule has 1 fully saturated rings. The van der Waals surface area contributed by atoms with Crippen LogP contribution in [0.25, 0.3) is 10.8 Å². The molecule has 0 radical (unpaired) electrons. The molecule has 5 heteroatoms. The highest BCUT2D eigenvalue weighted by molar-refractivity contribution is 6.34.